The van der Waals surface area contributed by atoms with Gasteiger partial charge in [0.1, 0.15) is 0 Å². The van der Waals surface area contributed by atoms with Crippen LogP contribution in [0.3, 0.4) is 0 Å². The minimum absolute atomic E-state index is 0.00833. The van der Waals surface area contributed by atoms with E-state index in [2.05, 4.69) is 5.32 Å². The van der Waals surface area contributed by atoms with Crippen molar-refractivity contribution in [3.05, 3.63) is 0 Å². The molecular formula is C10H17NO3S. The van der Waals surface area contributed by atoms with E-state index in [-0.39, 0.29) is 24.3 Å². The number of carboxylic acid groups (broad SMARTS) is 1. The molecule has 1 rings (SSSR count). The lowest BCUT2D eigenvalue weighted by molar-refractivity contribution is -0.137. The maximum atomic E-state index is 11.7. The highest BCUT2D eigenvalue weighted by molar-refractivity contribution is 7.99. The second-order valence-electron chi connectivity index (χ2n) is 3.92. The third-order valence-electron chi connectivity index (χ3n) is 2.40. The molecule has 2 atom stereocenters. The first-order chi connectivity index (χ1) is 7.09. The van der Waals surface area contributed by atoms with Crippen molar-refractivity contribution < 1.29 is 14.7 Å². The minimum Gasteiger partial charge on any atom is -0.481 e. The Morgan fingerprint density at radius 3 is 2.87 bits per heavy atom. The maximum absolute atomic E-state index is 11.7. The summed E-state index contributed by atoms with van der Waals surface area (Å²) in [5, 5.41) is 11.3. The lowest BCUT2D eigenvalue weighted by atomic mass is 10.0. The summed E-state index contributed by atoms with van der Waals surface area (Å²) in [6.45, 7) is 1.72. The van der Waals surface area contributed by atoms with Crippen molar-refractivity contribution in [3.8, 4) is 0 Å². The summed E-state index contributed by atoms with van der Waals surface area (Å²) in [4.78, 5) is 22.1. The Labute approximate surface area is 93.8 Å². The van der Waals surface area contributed by atoms with E-state index >= 15 is 0 Å². The average Bonchev–Trinajstić information content (AvgIpc) is 2.17. The fourth-order valence-electron chi connectivity index (χ4n) is 1.62. The van der Waals surface area contributed by atoms with Crippen LogP contribution in [-0.4, -0.2) is 34.5 Å². The highest BCUT2D eigenvalue weighted by Crippen LogP contribution is 2.22. The molecule has 0 spiro atoms. The fourth-order valence-corrected chi connectivity index (χ4v) is 2.76. The Hall–Kier alpha value is -0.710. The van der Waals surface area contributed by atoms with Crippen LogP contribution < -0.4 is 5.32 Å². The molecule has 0 radical (unpaired) electrons. The molecule has 86 valence electrons. The second-order valence-corrected chi connectivity index (χ2v) is 5.07. The van der Waals surface area contributed by atoms with Gasteiger partial charge in [-0.1, -0.05) is 0 Å². The molecule has 1 heterocycles. The van der Waals surface area contributed by atoms with Crippen LogP contribution in [0.2, 0.25) is 0 Å². The lowest BCUT2D eigenvalue weighted by Crippen LogP contribution is -2.40. The molecule has 4 nitrogen and oxygen atoms in total. The fraction of sp³-hybridized carbons (Fsp3) is 0.800. The van der Waals surface area contributed by atoms with Crippen molar-refractivity contribution in [1.82, 2.24) is 5.32 Å². The predicted octanol–water partition coefficient (Wildman–Crippen LogP) is 1.11. The molecule has 0 saturated carbocycles. The summed E-state index contributed by atoms with van der Waals surface area (Å²) in [5.41, 5.74) is 0. The number of amides is 1. The molecule has 1 aliphatic rings. The van der Waals surface area contributed by atoms with Crippen LogP contribution in [0.4, 0.5) is 0 Å². The molecule has 0 aromatic rings. The number of carbonyl (C=O) groups excluding carboxylic acids is 1. The molecule has 1 fully saturated rings. The SMILES string of the molecule is CC(CC(=O)O)NC(=O)C1CCCSC1. The number of hydrogen-bond donors (Lipinski definition) is 2. The topological polar surface area (TPSA) is 66.4 Å². The smallest absolute Gasteiger partial charge is 0.305 e. The molecule has 1 amide bonds. The quantitative estimate of drug-likeness (QED) is 0.760. The largest absolute Gasteiger partial charge is 0.481 e. The molecule has 5 heteroatoms. The lowest BCUT2D eigenvalue weighted by Gasteiger charge is -2.22. The zero-order valence-corrected chi connectivity index (χ0v) is 9.68. The van der Waals surface area contributed by atoms with E-state index in [0.29, 0.717) is 0 Å². The van der Waals surface area contributed by atoms with E-state index in [1.165, 1.54) is 0 Å². The van der Waals surface area contributed by atoms with Crippen molar-refractivity contribution in [3.63, 3.8) is 0 Å². The van der Waals surface area contributed by atoms with Crippen molar-refractivity contribution >= 4 is 23.6 Å². The molecule has 2 N–H and O–H groups in total. The normalized spacial score (nSPS) is 23.1. The average molecular weight is 231 g/mol. The summed E-state index contributed by atoms with van der Waals surface area (Å²) in [7, 11) is 0. The third-order valence-corrected chi connectivity index (χ3v) is 3.62. The molecule has 0 bridgehead atoms. The number of carboxylic acids is 1. The molecule has 0 aromatic heterocycles. The first-order valence-corrected chi connectivity index (χ1v) is 6.35. The summed E-state index contributed by atoms with van der Waals surface area (Å²) in [6, 6.07) is -0.276. The van der Waals surface area contributed by atoms with Crippen LogP contribution >= 0.6 is 11.8 Å². The van der Waals surface area contributed by atoms with Gasteiger partial charge in [-0.25, -0.2) is 0 Å². The number of carbonyl (C=O) groups is 2. The van der Waals surface area contributed by atoms with Crippen molar-refractivity contribution in [2.75, 3.05) is 11.5 Å². The van der Waals surface area contributed by atoms with Gasteiger partial charge in [0.15, 0.2) is 0 Å². The molecule has 0 aliphatic carbocycles. The van der Waals surface area contributed by atoms with E-state index in [9.17, 15) is 9.59 Å². The van der Waals surface area contributed by atoms with Gasteiger partial charge in [0.05, 0.1) is 6.42 Å². The highest BCUT2D eigenvalue weighted by atomic mass is 32.2. The van der Waals surface area contributed by atoms with Gasteiger partial charge in [0.2, 0.25) is 5.91 Å². The van der Waals surface area contributed by atoms with E-state index < -0.39 is 5.97 Å². The highest BCUT2D eigenvalue weighted by Gasteiger charge is 2.22. The van der Waals surface area contributed by atoms with Crippen LogP contribution in [0.1, 0.15) is 26.2 Å². The van der Waals surface area contributed by atoms with Crippen LogP contribution in [0.5, 0.6) is 0 Å². The Morgan fingerprint density at radius 1 is 1.60 bits per heavy atom. The maximum Gasteiger partial charge on any atom is 0.305 e. The van der Waals surface area contributed by atoms with Crippen LogP contribution in [-0.2, 0) is 9.59 Å². The minimum atomic E-state index is -0.874. The summed E-state index contributed by atoms with van der Waals surface area (Å²) in [6.07, 6.45) is 2.00. The molecular weight excluding hydrogens is 214 g/mol. The Morgan fingerprint density at radius 2 is 2.33 bits per heavy atom. The first kappa shape index (κ1) is 12.4. The van der Waals surface area contributed by atoms with E-state index in [0.717, 1.165) is 24.3 Å². The molecule has 2 unspecified atom stereocenters. The van der Waals surface area contributed by atoms with Crippen molar-refractivity contribution in [2.24, 2.45) is 5.92 Å². The monoisotopic (exact) mass is 231 g/mol. The van der Waals surface area contributed by atoms with Gasteiger partial charge in [-0.05, 0) is 25.5 Å². The summed E-state index contributed by atoms with van der Waals surface area (Å²) < 4.78 is 0. The zero-order valence-electron chi connectivity index (χ0n) is 8.86. The van der Waals surface area contributed by atoms with Gasteiger partial charge in [0, 0.05) is 17.7 Å². The van der Waals surface area contributed by atoms with Gasteiger partial charge >= 0.3 is 5.97 Å². The number of thioether (sulfide) groups is 1. The van der Waals surface area contributed by atoms with Gasteiger partial charge in [0.25, 0.3) is 0 Å². The Balaban J connectivity index is 2.30. The first-order valence-electron chi connectivity index (χ1n) is 5.19. The van der Waals surface area contributed by atoms with Crippen molar-refractivity contribution in [1.29, 1.82) is 0 Å². The standard InChI is InChI=1S/C10H17NO3S/c1-7(5-9(12)13)11-10(14)8-3-2-4-15-6-8/h7-8H,2-6H2,1H3,(H,11,14)(H,12,13). The Bertz CT molecular complexity index is 239. The summed E-state index contributed by atoms with van der Waals surface area (Å²) >= 11 is 1.80. The van der Waals surface area contributed by atoms with E-state index in [1.807, 2.05) is 0 Å². The summed E-state index contributed by atoms with van der Waals surface area (Å²) in [5.74, 6) is 1.21. The van der Waals surface area contributed by atoms with Crippen molar-refractivity contribution in [2.45, 2.75) is 32.2 Å². The van der Waals surface area contributed by atoms with Gasteiger partial charge in [-0.15, -0.1) is 0 Å². The number of nitrogens with one attached hydrogen (secondary N) is 1. The van der Waals surface area contributed by atoms with E-state index in [1.54, 1.807) is 18.7 Å². The molecule has 15 heavy (non-hydrogen) atoms. The second kappa shape index (κ2) is 6.00. The van der Waals surface area contributed by atoms with Crippen LogP contribution in [0.15, 0.2) is 0 Å². The predicted molar refractivity (Wildman–Crippen MR) is 59.9 cm³/mol. The van der Waals surface area contributed by atoms with Gasteiger partial charge in [-0.2, -0.15) is 11.8 Å². The molecule has 0 aromatic carbocycles. The van der Waals surface area contributed by atoms with Crippen LogP contribution in [0.25, 0.3) is 0 Å². The Kier molecular flexibility index (Phi) is 4.94. The molecule has 1 saturated heterocycles. The van der Waals surface area contributed by atoms with Crippen LogP contribution in [0, 0.1) is 5.92 Å². The number of hydrogen-bond acceptors (Lipinski definition) is 3. The number of aliphatic carboxylic acids is 1. The number of rotatable bonds is 4. The van der Waals surface area contributed by atoms with Gasteiger partial charge < -0.3 is 10.4 Å². The van der Waals surface area contributed by atoms with E-state index in [4.69, 9.17) is 5.11 Å². The third kappa shape index (κ3) is 4.55. The van der Waals surface area contributed by atoms with Gasteiger partial charge in [-0.3, -0.25) is 9.59 Å². The zero-order chi connectivity index (χ0) is 11.3. The molecule has 1 aliphatic heterocycles.